The van der Waals surface area contributed by atoms with Crippen molar-refractivity contribution >= 4 is 0 Å². The van der Waals surface area contributed by atoms with Crippen LogP contribution in [0.2, 0.25) is 0 Å². The van der Waals surface area contributed by atoms with Gasteiger partial charge in [-0.1, -0.05) is 45.9 Å². The van der Waals surface area contributed by atoms with Gasteiger partial charge in [-0.3, -0.25) is 0 Å². The van der Waals surface area contributed by atoms with Crippen molar-refractivity contribution in [1.29, 1.82) is 0 Å². The molecule has 0 bridgehead atoms. The summed E-state index contributed by atoms with van der Waals surface area (Å²) in [5.74, 6) is 2.26. The normalized spacial score (nSPS) is 13.1. The van der Waals surface area contributed by atoms with E-state index in [4.69, 9.17) is 4.74 Å². The predicted octanol–water partition coefficient (Wildman–Crippen LogP) is 2.40. The van der Waals surface area contributed by atoms with Gasteiger partial charge in [-0.15, -0.1) is 0 Å². The van der Waals surface area contributed by atoms with Crippen molar-refractivity contribution in [3.63, 3.8) is 0 Å². The van der Waals surface area contributed by atoms with E-state index in [-0.39, 0.29) is 0 Å². The molecule has 1 rings (SSSR count). The van der Waals surface area contributed by atoms with Crippen molar-refractivity contribution in [3.8, 4) is 5.75 Å². The summed E-state index contributed by atoms with van der Waals surface area (Å²) in [6, 6.07) is 9.71. The summed E-state index contributed by atoms with van der Waals surface area (Å²) in [7, 11) is 0. The minimum absolute atomic E-state index is 0.372. The maximum Gasteiger partial charge on any atom is 0.137 e. The molecule has 0 spiro atoms. The van der Waals surface area contributed by atoms with Crippen LogP contribution in [0, 0.1) is 11.8 Å². The van der Waals surface area contributed by atoms with Gasteiger partial charge in [0.1, 0.15) is 25.0 Å². The minimum atomic E-state index is -0.408. The molecule has 1 aromatic rings. The summed E-state index contributed by atoms with van der Waals surface area (Å²) < 4.78 is 5.66. The summed E-state index contributed by atoms with van der Waals surface area (Å²) in [6.07, 6.45) is 2.01. The van der Waals surface area contributed by atoms with E-state index in [9.17, 15) is 5.11 Å². The van der Waals surface area contributed by atoms with Crippen LogP contribution in [0.5, 0.6) is 5.75 Å². The fourth-order valence-corrected chi connectivity index (χ4v) is 2.42. The van der Waals surface area contributed by atoms with Crippen molar-refractivity contribution in [3.05, 3.63) is 30.3 Å². The zero-order chi connectivity index (χ0) is 16.4. The highest BCUT2D eigenvalue weighted by Crippen LogP contribution is 2.08. The van der Waals surface area contributed by atoms with Crippen LogP contribution in [0.25, 0.3) is 0 Å². The van der Waals surface area contributed by atoms with Gasteiger partial charge in [-0.05, 0) is 36.8 Å². The zero-order valence-corrected chi connectivity index (χ0v) is 14.7. The van der Waals surface area contributed by atoms with Gasteiger partial charge in [0, 0.05) is 0 Å². The molecule has 0 heterocycles. The highest BCUT2D eigenvalue weighted by molar-refractivity contribution is 5.20. The third-order valence-electron chi connectivity index (χ3n) is 3.86. The van der Waals surface area contributed by atoms with E-state index in [0.717, 1.165) is 25.4 Å². The van der Waals surface area contributed by atoms with E-state index in [2.05, 4.69) is 27.7 Å². The number of benzene rings is 1. The van der Waals surface area contributed by atoms with E-state index in [0.29, 0.717) is 18.4 Å². The van der Waals surface area contributed by atoms with Crippen LogP contribution in [0.3, 0.4) is 0 Å². The Balaban J connectivity index is 2.37. The number of aliphatic hydroxyl groups excluding tert-OH is 1. The molecule has 126 valence electrons. The van der Waals surface area contributed by atoms with Crippen LogP contribution in [-0.2, 0) is 0 Å². The second-order valence-electron chi connectivity index (χ2n) is 7.10. The third kappa shape index (κ3) is 9.06. The van der Waals surface area contributed by atoms with Crippen molar-refractivity contribution in [2.75, 3.05) is 26.2 Å². The fraction of sp³-hybridized carbons (Fsp3) is 0.684. The highest BCUT2D eigenvalue weighted by Gasteiger charge is 2.16. The molecule has 1 atom stereocenters. The van der Waals surface area contributed by atoms with Gasteiger partial charge in [0.15, 0.2) is 0 Å². The average molecular weight is 308 g/mol. The van der Waals surface area contributed by atoms with E-state index in [1.54, 1.807) is 0 Å². The molecule has 0 saturated heterocycles. The smallest absolute Gasteiger partial charge is 0.137 e. The number of hydrogen-bond donors (Lipinski definition) is 2. The number of quaternary nitrogens is 1. The fourth-order valence-electron chi connectivity index (χ4n) is 2.42. The van der Waals surface area contributed by atoms with Crippen LogP contribution >= 0.6 is 0 Å². The first kappa shape index (κ1) is 19.0. The molecule has 0 aliphatic rings. The van der Waals surface area contributed by atoms with E-state index < -0.39 is 6.10 Å². The predicted molar refractivity (Wildman–Crippen MR) is 92.4 cm³/mol. The SMILES string of the molecule is CC(C)CC[NH+](CCC(C)C)C[C@@H](O)COc1ccccc1. The van der Waals surface area contributed by atoms with Gasteiger partial charge in [0.25, 0.3) is 0 Å². The van der Waals surface area contributed by atoms with E-state index in [1.807, 2.05) is 30.3 Å². The largest absolute Gasteiger partial charge is 0.491 e. The lowest BCUT2D eigenvalue weighted by molar-refractivity contribution is -0.904. The van der Waals surface area contributed by atoms with Crippen LogP contribution < -0.4 is 9.64 Å². The molecule has 0 radical (unpaired) electrons. The quantitative estimate of drug-likeness (QED) is 0.658. The highest BCUT2D eigenvalue weighted by atomic mass is 16.5. The molecule has 0 saturated carbocycles. The van der Waals surface area contributed by atoms with Gasteiger partial charge in [-0.25, -0.2) is 0 Å². The third-order valence-corrected chi connectivity index (χ3v) is 3.86. The summed E-state index contributed by atoms with van der Waals surface area (Å²) in [4.78, 5) is 1.49. The lowest BCUT2D eigenvalue weighted by Gasteiger charge is -2.24. The Morgan fingerprint density at radius 2 is 1.50 bits per heavy atom. The molecular weight excluding hydrogens is 274 g/mol. The van der Waals surface area contributed by atoms with Crippen molar-refractivity contribution < 1.29 is 14.7 Å². The molecule has 2 N–H and O–H groups in total. The van der Waals surface area contributed by atoms with Crippen LogP contribution in [0.1, 0.15) is 40.5 Å². The Morgan fingerprint density at radius 1 is 0.955 bits per heavy atom. The second-order valence-corrected chi connectivity index (χ2v) is 7.10. The Kier molecular flexibility index (Phi) is 9.17. The monoisotopic (exact) mass is 308 g/mol. The molecule has 0 aliphatic carbocycles. The molecular formula is C19H34NO2+. The van der Waals surface area contributed by atoms with Gasteiger partial charge in [0.05, 0.1) is 13.1 Å². The number of nitrogens with one attached hydrogen (secondary N) is 1. The zero-order valence-electron chi connectivity index (χ0n) is 14.7. The topological polar surface area (TPSA) is 33.9 Å². The Bertz CT molecular complexity index is 366. The number of ether oxygens (including phenoxy) is 1. The van der Waals surface area contributed by atoms with Crippen LogP contribution in [0.15, 0.2) is 30.3 Å². The number of aliphatic hydroxyl groups is 1. The molecule has 0 aliphatic heterocycles. The molecule has 0 fully saturated rings. The van der Waals surface area contributed by atoms with Crippen molar-refractivity contribution in [2.45, 2.75) is 46.6 Å². The Hall–Kier alpha value is -1.06. The molecule has 22 heavy (non-hydrogen) atoms. The first-order valence-corrected chi connectivity index (χ1v) is 8.66. The maximum atomic E-state index is 10.3. The van der Waals surface area contributed by atoms with Crippen LogP contribution in [-0.4, -0.2) is 37.5 Å². The van der Waals surface area contributed by atoms with E-state index >= 15 is 0 Å². The molecule has 3 nitrogen and oxygen atoms in total. The molecule has 0 unspecified atom stereocenters. The Morgan fingerprint density at radius 3 is 2.00 bits per heavy atom. The van der Waals surface area contributed by atoms with Gasteiger partial charge >= 0.3 is 0 Å². The first-order chi connectivity index (χ1) is 10.5. The number of para-hydroxylation sites is 1. The molecule has 0 amide bonds. The van der Waals surface area contributed by atoms with Gasteiger partial charge < -0.3 is 14.7 Å². The van der Waals surface area contributed by atoms with Crippen molar-refractivity contribution in [1.82, 2.24) is 0 Å². The lowest BCUT2D eigenvalue weighted by atomic mass is 10.1. The molecule has 3 heteroatoms. The second kappa shape index (κ2) is 10.6. The maximum absolute atomic E-state index is 10.3. The standard InChI is InChI=1S/C19H33NO2/c1-16(2)10-12-20(13-11-17(3)4)14-18(21)15-22-19-8-6-5-7-9-19/h5-9,16-18,21H,10-15H2,1-4H3/p+1/t18-/m1/s1. The van der Waals surface area contributed by atoms with Gasteiger partial charge in [0.2, 0.25) is 0 Å². The summed E-state index contributed by atoms with van der Waals surface area (Å²) in [5, 5.41) is 10.3. The molecule has 1 aromatic carbocycles. The number of hydrogen-bond acceptors (Lipinski definition) is 2. The summed E-state index contributed by atoms with van der Waals surface area (Å²) in [6.45, 7) is 12.4. The van der Waals surface area contributed by atoms with E-state index in [1.165, 1.54) is 17.7 Å². The Labute approximate surface area is 136 Å². The molecule has 0 aromatic heterocycles. The minimum Gasteiger partial charge on any atom is -0.491 e. The van der Waals surface area contributed by atoms with Crippen LogP contribution in [0.4, 0.5) is 0 Å². The lowest BCUT2D eigenvalue weighted by Crippen LogP contribution is -3.13. The number of rotatable bonds is 11. The summed E-state index contributed by atoms with van der Waals surface area (Å²) >= 11 is 0. The summed E-state index contributed by atoms with van der Waals surface area (Å²) in [5.41, 5.74) is 0. The first-order valence-electron chi connectivity index (χ1n) is 8.66. The van der Waals surface area contributed by atoms with Gasteiger partial charge in [-0.2, -0.15) is 0 Å². The van der Waals surface area contributed by atoms with Crippen molar-refractivity contribution in [2.24, 2.45) is 11.8 Å². The average Bonchev–Trinajstić information content (AvgIpc) is 2.48.